The number of nitrogens with two attached hydrogens (primary N) is 1. The number of carbonyl (C=O) groups excluding carboxylic acids is 2. The molecular weight excluding hydrogens is 326 g/mol. The number of carbonyl (C=O) groups is 2. The van der Waals surface area contributed by atoms with Crippen molar-refractivity contribution in [3.8, 4) is 0 Å². The lowest BCUT2D eigenvalue weighted by Crippen LogP contribution is -2.20. The summed E-state index contributed by atoms with van der Waals surface area (Å²) in [4.78, 5) is 32.1. The molecule has 0 spiro atoms. The number of aryl methyl sites for hydroxylation is 2. The van der Waals surface area contributed by atoms with E-state index in [4.69, 9.17) is 20.0 Å². The number of oxazole rings is 1. The van der Waals surface area contributed by atoms with Crippen LogP contribution < -0.4 is 5.73 Å². The van der Waals surface area contributed by atoms with Gasteiger partial charge in [0.25, 0.3) is 0 Å². The molecule has 8 heteroatoms. The Labute approximate surface area is 145 Å². The number of hydrogen-bond acceptors (Lipinski definition) is 6. The van der Waals surface area contributed by atoms with Crippen molar-refractivity contribution in [2.75, 3.05) is 13.2 Å². The van der Waals surface area contributed by atoms with E-state index >= 15 is 0 Å². The number of aromatic nitrogens is 1. The van der Waals surface area contributed by atoms with Gasteiger partial charge in [-0.15, -0.1) is 0 Å². The minimum absolute atomic E-state index is 0.0102. The Bertz CT molecular complexity index is 758. The third kappa shape index (κ3) is 4.87. The molecule has 0 bridgehead atoms. The SMILES string of the molecule is CCc1nc(C)oc1C(=O)/N=C1\C=C(OCCCO)C=C(C(N)=O)C1. The van der Waals surface area contributed by atoms with Gasteiger partial charge in [0.1, 0.15) is 5.76 Å². The molecule has 0 aromatic carbocycles. The molecule has 0 unspecified atom stereocenters. The van der Waals surface area contributed by atoms with Crippen molar-refractivity contribution in [1.29, 1.82) is 0 Å². The number of ether oxygens (including phenoxy) is 1. The predicted octanol–water partition coefficient (Wildman–Crippen LogP) is 1.22. The van der Waals surface area contributed by atoms with Gasteiger partial charge in [-0.25, -0.2) is 9.98 Å². The summed E-state index contributed by atoms with van der Waals surface area (Å²) in [5.41, 5.74) is 6.51. The number of hydrogen-bond donors (Lipinski definition) is 2. The molecular formula is C17H21N3O5. The topological polar surface area (TPSA) is 128 Å². The van der Waals surface area contributed by atoms with Gasteiger partial charge >= 0.3 is 5.91 Å². The molecule has 8 nitrogen and oxygen atoms in total. The number of aliphatic hydroxyl groups is 1. The number of allylic oxidation sites excluding steroid dienone is 2. The zero-order chi connectivity index (χ0) is 18.4. The zero-order valence-electron chi connectivity index (χ0n) is 14.2. The summed E-state index contributed by atoms with van der Waals surface area (Å²) in [6.45, 7) is 3.78. The summed E-state index contributed by atoms with van der Waals surface area (Å²) >= 11 is 0. The van der Waals surface area contributed by atoms with Crippen LogP contribution in [0, 0.1) is 6.92 Å². The fourth-order valence-electron chi connectivity index (χ4n) is 2.30. The molecule has 134 valence electrons. The van der Waals surface area contributed by atoms with Crippen molar-refractivity contribution >= 4 is 17.5 Å². The Kier molecular flexibility index (Phi) is 6.24. The quantitative estimate of drug-likeness (QED) is 0.714. The molecule has 25 heavy (non-hydrogen) atoms. The maximum absolute atomic E-state index is 12.4. The van der Waals surface area contributed by atoms with E-state index in [2.05, 4.69) is 9.98 Å². The molecule has 0 radical (unpaired) electrons. The number of rotatable bonds is 7. The normalized spacial score (nSPS) is 15.7. The monoisotopic (exact) mass is 347 g/mol. The Morgan fingerprint density at radius 2 is 2.20 bits per heavy atom. The molecule has 1 aromatic rings. The lowest BCUT2D eigenvalue weighted by molar-refractivity contribution is -0.114. The van der Waals surface area contributed by atoms with Crippen molar-refractivity contribution in [1.82, 2.24) is 4.98 Å². The molecule has 1 aliphatic carbocycles. The Hall–Kier alpha value is -2.74. The fraction of sp³-hybridized carbons (Fsp3) is 0.412. The first-order chi connectivity index (χ1) is 11.9. The van der Waals surface area contributed by atoms with Crippen LogP contribution in [0.15, 0.2) is 32.9 Å². The number of aliphatic hydroxyl groups excluding tert-OH is 1. The largest absolute Gasteiger partial charge is 0.493 e. The van der Waals surface area contributed by atoms with Crippen LogP contribution >= 0.6 is 0 Å². The molecule has 1 heterocycles. The van der Waals surface area contributed by atoms with Crippen molar-refractivity contribution in [3.63, 3.8) is 0 Å². The smallest absolute Gasteiger partial charge is 0.314 e. The highest BCUT2D eigenvalue weighted by Gasteiger charge is 2.21. The minimum atomic E-state index is -0.610. The summed E-state index contributed by atoms with van der Waals surface area (Å²) in [5, 5.41) is 8.81. The van der Waals surface area contributed by atoms with Crippen molar-refractivity contribution in [2.45, 2.75) is 33.1 Å². The summed E-state index contributed by atoms with van der Waals surface area (Å²) in [6, 6.07) is 0. The van der Waals surface area contributed by atoms with Crippen LogP contribution in [0.3, 0.4) is 0 Å². The molecule has 2 rings (SSSR count). The second-order valence-corrected chi connectivity index (χ2v) is 5.45. The van der Waals surface area contributed by atoms with E-state index in [1.165, 1.54) is 6.08 Å². The van der Waals surface area contributed by atoms with Gasteiger partial charge in [-0.1, -0.05) is 6.92 Å². The third-order valence-corrected chi connectivity index (χ3v) is 3.46. The van der Waals surface area contributed by atoms with E-state index in [-0.39, 0.29) is 31.0 Å². The molecule has 1 aliphatic rings. The molecule has 0 atom stereocenters. The Balaban J connectivity index is 2.26. The van der Waals surface area contributed by atoms with Crippen LogP contribution in [0.2, 0.25) is 0 Å². The molecule has 0 aliphatic heterocycles. The molecule has 0 fully saturated rings. The van der Waals surface area contributed by atoms with Gasteiger partial charge in [-0.2, -0.15) is 0 Å². The number of amides is 2. The number of primary amides is 1. The van der Waals surface area contributed by atoms with Gasteiger partial charge in [0, 0.05) is 38.0 Å². The fourth-order valence-corrected chi connectivity index (χ4v) is 2.30. The van der Waals surface area contributed by atoms with E-state index in [1.54, 1.807) is 13.0 Å². The van der Waals surface area contributed by atoms with Crippen LogP contribution in [0.5, 0.6) is 0 Å². The first-order valence-corrected chi connectivity index (χ1v) is 7.98. The van der Waals surface area contributed by atoms with Crippen LogP contribution in [0.4, 0.5) is 0 Å². The lowest BCUT2D eigenvalue weighted by Gasteiger charge is -2.14. The summed E-state index contributed by atoms with van der Waals surface area (Å²) in [6.07, 6.45) is 4.19. The third-order valence-electron chi connectivity index (χ3n) is 3.46. The zero-order valence-corrected chi connectivity index (χ0v) is 14.2. The van der Waals surface area contributed by atoms with Gasteiger partial charge < -0.3 is 20.0 Å². The Morgan fingerprint density at radius 3 is 2.84 bits per heavy atom. The van der Waals surface area contributed by atoms with Crippen LogP contribution in [-0.2, 0) is 16.0 Å². The standard InChI is InChI=1S/C17H21N3O5/c1-3-14-15(25-10(2)19-14)17(23)20-12-7-11(16(18)22)8-13(9-12)24-6-4-5-21/h8-9,21H,3-7H2,1-2H3,(H2,18,22)/b20-12-. The van der Waals surface area contributed by atoms with Gasteiger partial charge in [-0.05, 0) is 12.5 Å². The highest BCUT2D eigenvalue weighted by molar-refractivity contribution is 6.12. The van der Waals surface area contributed by atoms with E-state index < -0.39 is 11.8 Å². The van der Waals surface area contributed by atoms with Gasteiger partial charge in [0.15, 0.2) is 5.89 Å². The van der Waals surface area contributed by atoms with Crippen molar-refractivity contribution in [2.24, 2.45) is 10.7 Å². The Morgan fingerprint density at radius 1 is 1.44 bits per heavy atom. The van der Waals surface area contributed by atoms with E-state index in [0.717, 1.165) is 0 Å². The molecule has 2 amide bonds. The van der Waals surface area contributed by atoms with Crippen LogP contribution in [-0.4, -0.2) is 40.8 Å². The number of nitrogens with zero attached hydrogens (tertiary/aromatic N) is 2. The van der Waals surface area contributed by atoms with E-state index in [9.17, 15) is 9.59 Å². The molecule has 0 saturated heterocycles. The predicted molar refractivity (Wildman–Crippen MR) is 90.0 cm³/mol. The van der Waals surface area contributed by atoms with E-state index in [0.29, 0.717) is 35.9 Å². The maximum Gasteiger partial charge on any atom is 0.314 e. The maximum atomic E-state index is 12.4. The average Bonchev–Trinajstić information content (AvgIpc) is 2.96. The second-order valence-electron chi connectivity index (χ2n) is 5.45. The molecule has 1 aromatic heterocycles. The van der Waals surface area contributed by atoms with Gasteiger partial charge in [0.05, 0.1) is 18.0 Å². The second kappa shape index (κ2) is 8.39. The first-order valence-electron chi connectivity index (χ1n) is 7.98. The van der Waals surface area contributed by atoms with Crippen LogP contribution in [0.25, 0.3) is 0 Å². The highest BCUT2D eigenvalue weighted by atomic mass is 16.5. The lowest BCUT2D eigenvalue weighted by atomic mass is 10.0. The summed E-state index contributed by atoms with van der Waals surface area (Å²) < 4.78 is 10.8. The van der Waals surface area contributed by atoms with Gasteiger partial charge in [0.2, 0.25) is 11.7 Å². The van der Waals surface area contributed by atoms with Crippen molar-refractivity contribution in [3.05, 3.63) is 40.8 Å². The van der Waals surface area contributed by atoms with Crippen LogP contribution in [0.1, 0.15) is 41.9 Å². The minimum Gasteiger partial charge on any atom is -0.493 e. The summed E-state index contributed by atoms with van der Waals surface area (Å²) in [7, 11) is 0. The van der Waals surface area contributed by atoms with E-state index in [1.807, 2.05) is 6.92 Å². The van der Waals surface area contributed by atoms with Gasteiger partial charge in [-0.3, -0.25) is 9.59 Å². The first kappa shape index (κ1) is 18.6. The van der Waals surface area contributed by atoms with Crippen molar-refractivity contribution < 1.29 is 23.8 Å². The average molecular weight is 347 g/mol. The number of aliphatic imine (C=N–C) groups is 1. The molecule has 3 N–H and O–H groups in total. The summed E-state index contributed by atoms with van der Waals surface area (Å²) in [5.74, 6) is -0.320. The molecule has 0 saturated carbocycles. The highest BCUT2D eigenvalue weighted by Crippen LogP contribution is 2.19.